The number of imidazole rings is 1. The number of hydrogen-bond acceptors (Lipinski definition) is 4. The SMILES string of the molecule is Cc1ccc(S(C)(=O)=O)cc1C(=O)Nc1ccc(-c2nc3c(F)cccc3[nH]2)cc1. The van der Waals surface area contributed by atoms with Gasteiger partial charge in [0.2, 0.25) is 0 Å². The van der Waals surface area contributed by atoms with Crippen molar-refractivity contribution in [3.8, 4) is 11.4 Å². The largest absolute Gasteiger partial charge is 0.338 e. The van der Waals surface area contributed by atoms with E-state index in [-0.39, 0.29) is 16.0 Å². The molecule has 4 aromatic rings. The van der Waals surface area contributed by atoms with E-state index in [9.17, 15) is 17.6 Å². The number of benzene rings is 3. The molecule has 0 saturated heterocycles. The number of anilines is 1. The van der Waals surface area contributed by atoms with Gasteiger partial charge < -0.3 is 10.3 Å². The summed E-state index contributed by atoms with van der Waals surface area (Å²) in [7, 11) is -3.42. The number of aromatic nitrogens is 2. The summed E-state index contributed by atoms with van der Waals surface area (Å²) in [6.45, 7) is 1.74. The zero-order valence-corrected chi connectivity index (χ0v) is 17.0. The minimum atomic E-state index is -3.42. The first kappa shape index (κ1) is 19.8. The summed E-state index contributed by atoms with van der Waals surface area (Å²) in [6, 6.07) is 16.1. The summed E-state index contributed by atoms with van der Waals surface area (Å²) in [5.41, 5.74) is 3.10. The van der Waals surface area contributed by atoms with Crippen LogP contribution in [0.25, 0.3) is 22.4 Å². The second kappa shape index (κ2) is 7.38. The second-order valence-electron chi connectivity index (χ2n) is 7.00. The standard InChI is InChI=1S/C22H18FN3O3S/c1-13-6-11-16(30(2,28)29)12-17(13)22(27)24-15-9-7-14(8-10-15)21-25-19-5-3-4-18(23)20(19)26-21/h3-12H,1-2H3,(H,24,27)(H,25,26). The number of hydrogen-bond donors (Lipinski definition) is 2. The van der Waals surface area contributed by atoms with Crippen molar-refractivity contribution in [2.45, 2.75) is 11.8 Å². The van der Waals surface area contributed by atoms with E-state index in [0.29, 0.717) is 22.6 Å². The Morgan fingerprint density at radius 3 is 2.47 bits per heavy atom. The summed E-state index contributed by atoms with van der Waals surface area (Å²) < 4.78 is 37.4. The Hall–Kier alpha value is -3.52. The Balaban J connectivity index is 1.58. The van der Waals surface area contributed by atoms with E-state index in [2.05, 4.69) is 15.3 Å². The number of fused-ring (bicyclic) bond motifs is 1. The monoisotopic (exact) mass is 423 g/mol. The molecule has 0 aliphatic rings. The van der Waals surface area contributed by atoms with Crippen molar-refractivity contribution < 1.29 is 17.6 Å². The maximum Gasteiger partial charge on any atom is 0.255 e. The van der Waals surface area contributed by atoms with Gasteiger partial charge in [-0.3, -0.25) is 4.79 Å². The number of aryl methyl sites for hydroxylation is 1. The molecule has 0 radical (unpaired) electrons. The van der Waals surface area contributed by atoms with Gasteiger partial charge in [0, 0.05) is 23.1 Å². The highest BCUT2D eigenvalue weighted by molar-refractivity contribution is 7.90. The fourth-order valence-corrected chi connectivity index (χ4v) is 3.77. The Kier molecular flexibility index (Phi) is 4.87. The van der Waals surface area contributed by atoms with Crippen LogP contribution in [-0.2, 0) is 9.84 Å². The lowest BCUT2D eigenvalue weighted by Gasteiger charge is -2.10. The molecule has 0 unspecified atom stereocenters. The summed E-state index contributed by atoms with van der Waals surface area (Å²) in [6.07, 6.45) is 1.10. The van der Waals surface area contributed by atoms with Gasteiger partial charge in [0.1, 0.15) is 11.3 Å². The Morgan fingerprint density at radius 2 is 1.80 bits per heavy atom. The molecule has 0 spiro atoms. The van der Waals surface area contributed by atoms with Gasteiger partial charge >= 0.3 is 0 Å². The molecule has 8 heteroatoms. The average molecular weight is 423 g/mol. The van der Waals surface area contributed by atoms with Crippen molar-refractivity contribution in [2.24, 2.45) is 0 Å². The van der Waals surface area contributed by atoms with Crippen LogP contribution in [0.5, 0.6) is 0 Å². The number of aromatic amines is 1. The molecule has 6 nitrogen and oxygen atoms in total. The van der Waals surface area contributed by atoms with Gasteiger partial charge in [0.25, 0.3) is 5.91 Å². The van der Waals surface area contributed by atoms with E-state index >= 15 is 0 Å². The first-order valence-corrected chi connectivity index (χ1v) is 11.0. The van der Waals surface area contributed by atoms with E-state index in [0.717, 1.165) is 11.8 Å². The molecule has 152 valence electrons. The molecular formula is C22H18FN3O3S. The zero-order chi connectivity index (χ0) is 21.5. The molecule has 0 aliphatic heterocycles. The van der Waals surface area contributed by atoms with Gasteiger partial charge in [-0.05, 0) is 61.0 Å². The molecule has 0 bridgehead atoms. The van der Waals surface area contributed by atoms with E-state index in [1.54, 1.807) is 49.4 Å². The topological polar surface area (TPSA) is 91.9 Å². The number of carbonyl (C=O) groups is 1. The molecule has 1 amide bonds. The lowest BCUT2D eigenvalue weighted by molar-refractivity contribution is 0.102. The van der Waals surface area contributed by atoms with Crippen molar-refractivity contribution in [1.82, 2.24) is 9.97 Å². The van der Waals surface area contributed by atoms with Crippen LogP contribution >= 0.6 is 0 Å². The zero-order valence-electron chi connectivity index (χ0n) is 16.2. The first-order valence-electron chi connectivity index (χ1n) is 9.09. The van der Waals surface area contributed by atoms with Crippen molar-refractivity contribution in [1.29, 1.82) is 0 Å². The van der Waals surface area contributed by atoms with Crippen molar-refractivity contribution in [3.05, 3.63) is 77.6 Å². The lowest BCUT2D eigenvalue weighted by Crippen LogP contribution is -2.14. The molecule has 0 atom stereocenters. The van der Waals surface area contributed by atoms with Crippen molar-refractivity contribution >= 4 is 32.5 Å². The fourth-order valence-electron chi connectivity index (χ4n) is 3.12. The van der Waals surface area contributed by atoms with Crippen LogP contribution in [0.1, 0.15) is 15.9 Å². The van der Waals surface area contributed by atoms with Crippen LogP contribution in [0.4, 0.5) is 10.1 Å². The normalized spacial score (nSPS) is 11.6. The second-order valence-corrected chi connectivity index (χ2v) is 9.02. The number of rotatable bonds is 4. The lowest BCUT2D eigenvalue weighted by atomic mass is 10.1. The minimum Gasteiger partial charge on any atom is -0.338 e. The third-order valence-electron chi connectivity index (χ3n) is 4.76. The van der Waals surface area contributed by atoms with Crippen LogP contribution < -0.4 is 5.32 Å². The number of halogens is 1. The number of H-pyrrole nitrogens is 1. The number of nitrogens with zero attached hydrogens (tertiary/aromatic N) is 1. The van der Waals surface area contributed by atoms with Gasteiger partial charge in [-0.2, -0.15) is 0 Å². The van der Waals surface area contributed by atoms with Gasteiger partial charge in [0.15, 0.2) is 15.7 Å². The minimum absolute atomic E-state index is 0.0886. The summed E-state index contributed by atoms with van der Waals surface area (Å²) in [4.78, 5) is 20.1. The van der Waals surface area contributed by atoms with Crippen molar-refractivity contribution in [2.75, 3.05) is 11.6 Å². The molecule has 0 saturated carbocycles. The Bertz CT molecular complexity index is 1380. The van der Waals surface area contributed by atoms with Crippen LogP contribution in [0.2, 0.25) is 0 Å². The highest BCUT2D eigenvalue weighted by atomic mass is 32.2. The van der Waals surface area contributed by atoms with Crippen molar-refractivity contribution in [3.63, 3.8) is 0 Å². The van der Waals surface area contributed by atoms with E-state index in [1.807, 2.05) is 0 Å². The van der Waals surface area contributed by atoms with Gasteiger partial charge in [0.05, 0.1) is 10.4 Å². The smallest absolute Gasteiger partial charge is 0.255 e. The number of para-hydroxylation sites is 1. The third-order valence-corrected chi connectivity index (χ3v) is 5.87. The van der Waals surface area contributed by atoms with E-state index in [4.69, 9.17) is 0 Å². The van der Waals surface area contributed by atoms with Gasteiger partial charge in [-0.15, -0.1) is 0 Å². The van der Waals surface area contributed by atoms with E-state index < -0.39 is 21.6 Å². The maximum absolute atomic E-state index is 13.9. The number of nitrogens with one attached hydrogen (secondary N) is 2. The quantitative estimate of drug-likeness (QED) is 0.511. The molecular weight excluding hydrogens is 405 g/mol. The molecule has 3 aromatic carbocycles. The predicted molar refractivity (Wildman–Crippen MR) is 114 cm³/mol. The number of amides is 1. The average Bonchev–Trinajstić information content (AvgIpc) is 3.13. The summed E-state index contributed by atoms with van der Waals surface area (Å²) in [5.74, 6) is -0.285. The van der Waals surface area contributed by atoms with Crippen LogP contribution in [-0.4, -0.2) is 30.5 Å². The Morgan fingerprint density at radius 1 is 1.07 bits per heavy atom. The summed E-state index contributed by atoms with van der Waals surface area (Å²) >= 11 is 0. The molecule has 30 heavy (non-hydrogen) atoms. The van der Waals surface area contributed by atoms with Crippen LogP contribution in [0.3, 0.4) is 0 Å². The maximum atomic E-state index is 13.9. The van der Waals surface area contributed by atoms with Crippen LogP contribution in [0.15, 0.2) is 65.6 Å². The molecule has 0 aliphatic carbocycles. The first-order chi connectivity index (χ1) is 14.2. The van der Waals surface area contributed by atoms with E-state index in [1.165, 1.54) is 18.2 Å². The molecule has 1 heterocycles. The molecule has 4 rings (SSSR count). The van der Waals surface area contributed by atoms with Gasteiger partial charge in [-0.25, -0.2) is 17.8 Å². The number of carbonyl (C=O) groups excluding carboxylic acids is 1. The highest BCUT2D eigenvalue weighted by Gasteiger charge is 2.15. The highest BCUT2D eigenvalue weighted by Crippen LogP contribution is 2.24. The molecule has 2 N–H and O–H groups in total. The molecule has 1 aromatic heterocycles. The number of sulfone groups is 1. The van der Waals surface area contributed by atoms with Gasteiger partial charge in [-0.1, -0.05) is 12.1 Å². The fraction of sp³-hybridized carbons (Fsp3) is 0.0909. The Labute approximate surface area is 172 Å². The summed E-state index contributed by atoms with van der Waals surface area (Å²) in [5, 5.41) is 2.77. The van der Waals surface area contributed by atoms with Crippen LogP contribution in [0, 0.1) is 12.7 Å². The molecule has 0 fully saturated rings. The third kappa shape index (κ3) is 3.81. The predicted octanol–water partition coefficient (Wildman–Crippen LogP) is 4.33.